The molecule has 1 rings (SSSR count). The normalized spacial score (nSPS) is 12.0. The number of nitrogens with one attached hydrogen (secondary N) is 1. The topological polar surface area (TPSA) is 81.7 Å². The van der Waals surface area contributed by atoms with Gasteiger partial charge in [-0.1, -0.05) is 30.3 Å². The molecule has 1 aromatic carbocycles. The van der Waals surface area contributed by atoms with Crippen LogP contribution in [0.3, 0.4) is 0 Å². The molecule has 1 aromatic rings. The van der Waals surface area contributed by atoms with E-state index >= 15 is 0 Å². The van der Waals surface area contributed by atoms with E-state index in [4.69, 9.17) is 8.92 Å². The first-order valence-corrected chi connectivity index (χ1v) is 8.63. The fourth-order valence-electron chi connectivity index (χ4n) is 1.58. The van der Waals surface area contributed by atoms with Crippen LogP contribution in [0.5, 0.6) is 0 Å². The van der Waals surface area contributed by atoms with Crippen LogP contribution in [-0.4, -0.2) is 33.3 Å². The summed E-state index contributed by atoms with van der Waals surface area (Å²) in [5, 5.41) is 2.54. The molecule has 0 saturated heterocycles. The molecule has 0 fully saturated rings. The molecule has 0 saturated carbocycles. The molecule has 1 N–H and O–H groups in total. The second-order valence-electron chi connectivity index (χ2n) is 5.79. The molecule has 1 amide bonds. The van der Waals surface area contributed by atoms with Gasteiger partial charge in [0.15, 0.2) is 0 Å². The fourth-order valence-corrected chi connectivity index (χ4v) is 2.64. The van der Waals surface area contributed by atoms with Gasteiger partial charge >= 0.3 is 6.09 Å². The lowest BCUT2D eigenvalue weighted by atomic mass is 10.2. The first-order chi connectivity index (χ1) is 10.2. The summed E-state index contributed by atoms with van der Waals surface area (Å²) < 4.78 is 33.5. The Bertz CT molecular complexity index is 563. The van der Waals surface area contributed by atoms with Crippen LogP contribution in [0.1, 0.15) is 32.8 Å². The quantitative estimate of drug-likeness (QED) is 0.614. The van der Waals surface area contributed by atoms with Gasteiger partial charge in [-0.3, -0.25) is 4.18 Å². The maximum Gasteiger partial charge on any atom is 0.407 e. The van der Waals surface area contributed by atoms with Crippen molar-refractivity contribution in [3.63, 3.8) is 0 Å². The standard InChI is InChI=1S/C15H23NO5S/c1-15(2,3)21-14(17)16-10-7-11-20-22(18,19)12-13-8-5-4-6-9-13/h4-6,8-9H,7,10-12H2,1-3H3,(H,16,17). The number of carbonyl (C=O) groups is 1. The second-order valence-corrected chi connectivity index (χ2v) is 7.43. The Morgan fingerprint density at radius 1 is 1.18 bits per heavy atom. The van der Waals surface area contributed by atoms with Crippen molar-refractivity contribution in [3.8, 4) is 0 Å². The van der Waals surface area contributed by atoms with Gasteiger partial charge in [-0.05, 0) is 32.8 Å². The van der Waals surface area contributed by atoms with E-state index in [1.165, 1.54) is 0 Å². The molecule has 0 radical (unpaired) electrons. The summed E-state index contributed by atoms with van der Waals surface area (Å²) >= 11 is 0. The number of rotatable bonds is 7. The summed E-state index contributed by atoms with van der Waals surface area (Å²) in [5.41, 5.74) is 0.119. The Hall–Kier alpha value is -1.60. The molecule has 0 heterocycles. The van der Waals surface area contributed by atoms with Gasteiger partial charge in [-0.25, -0.2) is 4.79 Å². The van der Waals surface area contributed by atoms with E-state index in [1.807, 2.05) is 6.07 Å². The van der Waals surface area contributed by atoms with E-state index in [9.17, 15) is 13.2 Å². The van der Waals surface area contributed by atoms with Crippen molar-refractivity contribution in [3.05, 3.63) is 35.9 Å². The predicted octanol–water partition coefficient (Wildman–Crippen LogP) is 2.45. The predicted molar refractivity (Wildman–Crippen MR) is 83.9 cm³/mol. The molecule has 124 valence electrons. The van der Waals surface area contributed by atoms with Gasteiger partial charge in [0.25, 0.3) is 10.1 Å². The summed E-state index contributed by atoms with van der Waals surface area (Å²) in [7, 11) is -3.61. The molecule has 0 atom stereocenters. The highest BCUT2D eigenvalue weighted by molar-refractivity contribution is 7.85. The first-order valence-electron chi connectivity index (χ1n) is 7.06. The van der Waals surface area contributed by atoms with E-state index in [2.05, 4.69) is 5.32 Å². The Balaban J connectivity index is 2.22. The van der Waals surface area contributed by atoms with Crippen LogP contribution in [0, 0.1) is 0 Å². The fraction of sp³-hybridized carbons (Fsp3) is 0.533. The van der Waals surface area contributed by atoms with Crippen molar-refractivity contribution in [1.82, 2.24) is 5.32 Å². The Morgan fingerprint density at radius 3 is 2.41 bits per heavy atom. The maximum atomic E-state index is 11.8. The van der Waals surface area contributed by atoms with Crippen LogP contribution in [-0.2, 0) is 24.8 Å². The summed E-state index contributed by atoms with van der Waals surface area (Å²) in [4.78, 5) is 11.4. The second kappa shape index (κ2) is 8.14. The van der Waals surface area contributed by atoms with Gasteiger partial charge < -0.3 is 10.1 Å². The highest BCUT2D eigenvalue weighted by atomic mass is 32.2. The largest absolute Gasteiger partial charge is 0.444 e. The minimum atomic E-state index is -3.61. The first kappa shape index (κ1) is 18.4. The number of hydrogen-bond acceptors (Lipinski definition) is 5. The molecular weight excluding hydrogens is 306 g/mol. The SMILES string of the molecule is CC(C)(C)OC(=O)NCCCOS(=O)(=O)Cc1ccccc1. The molecule has 0 spiro atoms. The van der Waals surface area contributed by atoms with Gasteiger partial charge in [0.05, 0.1) is 6.61 Å². The maximum absolute atomic E-state index is 11.8. The molecule has 0 aliphatic heterocycles. The molecule has 0 bridgehead atoms. The average Bonchev–Trinajstić information content (AvgIpc) is 2.36. The van der Waals surface area contributed by atoms with Crippen molar-refractivity contribution in [1.29, 1.82) is 0 Å². The van der Waals surface area contributed by atoms with Crippen molar-refractivity contribution in [2.24, 2.45) is 0 Å². The number of ether oxygens (including phenoxy) is 1. The third kappa shape index (κ3) is 8.63. The van der Waals surface area contributed by atoms with Crippen LogP contribution in [0.4, 0.5) is 4.79 Å². The highest BCUT2D eigenvalue weighted by Crippen LogP contribution is 2.08. The number of carbonyl (C=O) groups excluding carboxylic acids is 1. The van der Waals surface area contributed by atoms with E-state index in [0.717, 1.165) is 0 Å². The summed E-state index contributed by atoms with van der Waals surface area (Å²) in [5.74, 6) is -0.159. The highest BCUT2D eigenvalue weighted by Gasteiger charge is 2.16. The minimum Gasteiger partial charge on any atom is -0.444 e. The summed E-state index contributed by atoms with van der Waals surface area (Å²) in [6.07, 6.45) is -0.146. The van der Waals surface area contributed by atoms with Crippen molar-refractivity contribution >= 4 is 16.2 Å². The number of amides is 1. The molecule has 0 aliphatic rings. The molecule has 0 unspecified atom stereocenters. The lowest BCUT2D eigenvalue weighted by molar-refractivity contribution is 0.0526. The third-order valence-electron chi connectivity index (χ3n) is 2.44. The Kier molecular flexibility index (Phi) is 6.83. The van der Waals surface area contributed by atoms with E-state index in [1.54, 1.807) is 45.0 Å². The van der Waals surface area contributed by atoms with Crippen LogP contribution < -0.4 is 5.32 Å². The molecule has 0 aromatic heterocycles. The minimum absolute atomic E-state index is 0.0188. The van der Waals surface area contributed by atoms with Crippen molar-refractivity contribution in [2.45, 2.75) is 38.5 Å². The number of hydrogen-bond donors (Lipinski definition) is 1. The average molecular weight is 329 g/mol. The van der Waals surface area contributed by atoms with Crippen molar-refractivity contribution in [2.75, 3.05) is 13.2 Å². The van der Waals surface area contributed by atoms with Gasteiger partial charge in [0.2, 0.25) is 0 Å². The Labute approximate surface area is 131 Å². The zero-order valence-electron chi connectivity index (χ0n) is 13.2. The smallest absolute Gasteiger partial charge is 0.407 e. The number of benzene rings is 1. The van der Waals surface area contributed by atoms with Crippen LogP contribution >= 0.6 is 0 Å². The third-order valence-corrected chi connectivity index (χ3v) is 3.65. The number of alkyl carbamates (subject to hydrolysis) is 1. The Morgan fingerprint density at radius 2 is 1.82 bits per heavy atom. The van der Waals surface area contributed by atoms with Crippen LogP contribution in [0.15, 0.2) is 30.3 Å². The van der Waals surface area contributed by atoms with E-state index in [0.29, 0.717) is 12.0 Å². The summed E-state index contributed by atoms with van der Waals surface area (Å²) in [6, 6.07) is 8.82. The van der Waals surface area contributed by atoms with Gasteiger partial charge in [-0.15, -0.1) is 0 Å². The summed E-state index contributed by atoms with van der Waals surface area (Å²) in [6.45, 7) is 5.62. The monoisotopic (exact) mass is 329 g/mol. The lowest BCUT2D eigenvalue weighted by Gasteiger charge is -2.19. The molecule has 22 heavy (non-hydrogen) atoms. The van der Waals surface area contributed by atoms with E-state index in [-0.39, 0.29) is 18.9 Å². The van der Waals surface area contributed by atoms with E-state index < -0.39 is 21.8 Å². The molecule has 7 heteroatoms. The molecular formula is C15H23NO5S. The van der Waals surface area contributed by atoms with Gasteiger partial charge in [0, 0.05) is 6.54 Å². The van der Waals surface area contributed by atoms with Gasteiger partial charge in [0.1, 0.15) is 11.4 Å². The van der Waals surface area contributed by atoms with Crippen LogP contribution in [0.2, 0.25) is 0 Å². The molecule has 0 aliphatic carbocycles. The zero-order valence-corrected chi connectivity index (χ0v) is 14.0. The van der Waals surface area contributed by atoms with Gasteiger partial charge in [-0.2, -0.15) is 8.42 Å². The van der Waals surface area contributed by atoms with Crippen LogP contribution in [0.25, 0.3) is 0 Å². The van der Waals surface area contributed by atoms with Crippen molar-refractivity contribution < 1.29 is 22.1 Å². The zero-order chi connectivity index (χ0) is 16.6. The molecule has 6 nitrogen and oxygen atoms in total. The lowest BCUT2D eigenvalue weighted by Crippen LogP contribution is -2.33.